The number of imide groups is 1. The zero-order chi connectivity index (χ0) is 15.1. The van der Waals surface area contributed by atoms with Crippen LogP contribution in [0.25, 0.3) is 5.70 Å². The van der Waals surface area contributed by atoms with E-state index in [1.54, 1.807) is 12.4 Å². The predicted octanol–water partition coefficient (Wildman–Crippen LogP) is -0.696. The third-order valence-electron chi connectivity index (χ3n) is 3.20. The molecule has 0 saturated carbocycles. The molecule has 1 aromatic heterocycles. The molecule has 106 valence electrons. The monoisotopic (exact) mass is 275 g/mol. The molecule has 0 saturated heterocycles. The second-order valence-electron chi connectivity index (χ2n) is 5.59. The lowest BCUT2D eigenvalue weighted by Gasteiger charge is -2.17. The fraction of sp³-hybridized carbons (Fsp3) is 0.357. The Morgan fingerprint density at radius 1 is 1.15 bits per heavy atom. The number of rotatable bonds is 2. The van der Waals surface area contributed by atoms with Crippen molar-refractivity contribution in [3.63, 3.8) is 0 Å². The number of amides is 2. The van der Waals surface area contributed by atoms with Gasteiger partial charge in [-0.3, -0.25) is 9.59 Å². The Hall–Kier alpha value is -2.21. The fourth-order valence-corrected chi connectivity index (χ4v) is 2.00. The van der Waals surface area contributed by atoms with Crippen LogP contribution in [0.2, 0.25) is 0 Å². The zero-order valence-electron chi connectivity index (χ0n) is 11.9. The second-order valence-corrected chi connectivity index (χ2v) is 5.59. The summed E-state index contributed by atoms with van der Waals surface area (Å²) in [7, 11) is 1.42. The van der Waals surface area contributed by atoms with Gasteiger partial charge in [-0.25, -0.2) is 10.4 Å². The third-order valence-corrected chi connectivity index (χ3v) is 3.20. The van der Waals surface area contributed by atoms with E-state index in [-0.39, 0.29) is 11.1 Å². The molecule has 0 unspecified atom stereocenters. The second kappa shape index (κ2) is 4.72. The Morgan fingerprint density at radius 2 is 1.70 bits per heavy atom. The van der Waals surface area contributed by atoms with Gasteiger partial charge in [0.15, 0.2) is 12.4 Å². The van der Waals surface area contributed by atoms with Gasteiger partial charge in [-0.05, 0) is 11.0 Å². The van der Waals surface area contributed by atoms with Crippen molar-refractivity contribution in [1.82, 2.24) is 10.4 Å². The molecule has 20 heavy (non-hydrogen) atoms. The maximum atomic E-state index is 12.0. The van der Waals surface area contributed by atoms with Gasteiger partial charge in [0.2, 0.25) is 0 Å². The van der Waals surface area contributed by atoms with Crippen LogP contribution in [0.1, 0.15) is 26.3 Å². The summed E-state index contributed by atoms with van der Waals surface area (Å²) in [5.41, 5.74) is 3.29. The molecular formula is C14H17N3O3. The molecular weight excluding hydrogens is 258 g/mol. The van der Waals surface area contributed by atoms with E-state index in [1.807, 2.05) is 12.1 Å². The summed E-state index contributed by atoms with van der Waals surface area (Å²) >= 11 is 0. The van der Waals surface area contributed by atoms with Crippen molar-refractivity contribution in [3.05, 3.63) is 35.8 Å². The largest absolute Gasteiger partial charge is 0.864 e. The van der Waals surface area contributed by atoms with E-state index in [4.69, 9.17) is 0 Å². The molecule has 2 rings (SSSR count). The van der Waals surface area contributed by atoms with Crippen LogP contribution < -0.4 is 15.1 Å². The normalized spacial score (nSPS) is 16.3. The maximum Gasteiger partial charge on any atom is 0.340 e. The van der Waals surface area contributed by atoms with Gasteiger partial charge in [0.25, 0.3) is 11.6 Å². The van der Waals surface area contributed by atoms with Crippen LogP contribution in [0.15, 0.2) is 30.3 Å². The minimum absolute atomic E-state index is 0.0275. The van der Waals surface area contributed by atoms with Gasteiger partial charge in [0, 0.05) is 24.9 Å². The van der Waals surface area contributed by atoms with Crippen molar-refractivity contribution in [3.8, 4) is 0 Å². The summed E-state index contributed by atoms with van der Waals surface area (Å²) in [6.45, 7) is 6.20. The summed E-state index contributed by atoms with van der Waals surface area (Å²) in [5, 5.41) is 12.6. The summed E-state index contributed by atoms with van der Waals surface area (Å²) in [4.78, 5) is 23.6. The number of hydrogen-bond donors (Lipinski definition) is 1. The SMILES string of the molecule is CNN1C(=O)C([O-])=C([n+]2ccc(C(C)(C)C)cc2)C1=O. The van der Waals surface area contributed by atoms with Gasteiger partial charge in [-0.2, -0.15) is 4.57 Å². The minimum atomic E-state index is -0.861. The molecule has 1 aliphatic heterocycles. The Balaban J connectivity index is 2.42. The predicted molar refractivity (Wildman–Crippen MR) is 69.5 cm³/mol. The van der Waals surface area contributed by atoms with Crippen molar-refractivity contribution in [2.75, 3.05) is 7.05 Å². The molecule has 6 nitrogen and oxygen atoms in total. The number of nitrogens with one attached hydrogen (secondary N) is 1. The molecule has 0 radical (unpaired) electrons. The molecule has 0 aliphatic carbocycles. The van der Waals surface area contributed by atoms with Crippen LogP contribution >= 0.6 is 0 Å². The summed E-state index contributed by atoms with van der Waals surface area (Å²) in [6.07, 6.45) is 3.25. The Labute approximate surface area is 117 Å². The van der Waals surface area contributed by atoms with Crippen LogP contribution in [-0.2, 0) is 15.0 Å². The minimum Gasteiger partial charge on any atom is -0.864 e. The van der Waals surface area contributed by atoms with E-state index in [9.17, 15) is 14.7 Å². The molecule has 0 aromatic carbocycles. The van der Waals surface area contributed by atoms with E-state index < -0.39 is 17.6 Å². The highest BCUT2D eigenvalue weighted by molar-refractivity contribution is 6.28. The number of aromatic nitrogens is 1. The Bertz CT molecular complexity index is 597. The molecule has 0 fully saturated rings. The molecule has 0 bridgehead atoms. The third kappa shape index (κ3) is 2.18. The topological polar surface area (TPSA) is 76.4 Å². The van der Waals surface area contributed by atoms with E-state index in [1.165, 1.54) is 11.6 Å². The number of nitrogens with zero attached hydrogens (tertiary/aromatic N) is 2. The summed E-state index contributed by atoms with van der Waals surface area (Å²) < 4.78 is 1.38. The van der Waals surface area contributed by atoms with Crippen molar-refractivity contribution in [1.29, 1.82) is 0 Å². The first kappa shape index (κ1) is 14.2. The number of hydrogen-bond acceptors (Lipinski definition) is 4. The zero-order valence-corrected chi connectivity index (χ0v) is 11.9. The molecule has 1 N–H and O–H groups in total. The van der Waals surface area contributed by atoms with Crippen LogP contribution in [0, 0.1) is 0 Å². The molecule has 0 atom stereocenters. The van der Waals surface area contributed by atoms with Crippen molar-refractivity contribution in [2.45, 2.75) is 26.2 Å². The number of carbonyl (C=O) groups is 2. The first-order valence-corrected chi connectivity index (χ1v) is 6.27. The summed E-state index contributed by atoms with van der Waals surface area (Å²) in [6, 6.07) is 3.67. The van der Waals surface area contributed by atoms with Crippen LogP contribution in [0.5, 0.6) is 0 Å². The molecule has 2 heterocycles. The molecule has 6 heteroatoms. The number of pyridine rings is 1. The standard InChI is InChI=1S/C14H17N3O3/c1-14(2,3)9-5-7-16(8-6-9)10-11(18)13(20)17(15-4)12(10)19/h5-8,15H,1-4H3. The van der Waals surface area contributed by atoms with Gasteiger partial charge in [-0.1, -0.05) is 20.8 Å². The number of hydrazine groups is 1. The van der Waals surface area contributed by atoms with Crippen LogP contribution in [-0.4, -0.2) is 23.9 Å². The van der Waals surface area contributed by atoms with Gasteiger partial charge in [0.1, 0.15) is 0 Å². The number of carbonyl (C=O) groups excluding carboxylic acids is 2. The van der Waals surface area contributed by atoms with Gasteiger partial charge >= 0.3 is 5.91 Å². The van der Waals surface area contributed by atoms with Gasteiger partial charge < -0.3 is 5.11 Å². The average Bonchev–Trinajstić information content (AvgIpc) is 2.59. The fourth-order valence-electron chi connectivity index (χ4n) is 2.00. The lowest BCUT2D eigenvalue weighted by Crippen LogP contribution is -2.44. The lowest BCUT2D eigenvalue weighted by molar-refractivity contribution is -0.581. The molecule has 1 aliphatic rings. The first-order chi connectivity index (χ1) is 9.27. The van der Waals surface area contributed by atoms with E-state index >= 15 is 0 Å². The highest BCUT2D eigenvalue weighted by Crippen LogP contribution is 2.21. The smallest absolute Gasteiger partial charge is 0.340 e. The lowest BCUT2D eigenvalue weighted by atomic mass is 9.88. The molecule has 2 amide bonds. The van der Waals surface area contributed by atoms with Crippen molar-refractivity contribution >= 4 is 17.5 Å². The Morgan fingerprint density at radius 3 is 2.10 bits per heavy atom. The quantitative estimate of drug-likeness (QED) is 0.572. The van der Waals surface area contributed by atoms with E-state index in [0.717, 1.165) is 5.56 Å². The van der Waals surface area contributed by atoms with Crippen LogP contribution in [0.4, 0.5) is 0 Å². The van der Waals surface area contributed by atoms with Crippen LogP contribution in [0.3, 0.4) is 0 Å². The highest BCUT2D eigenvalue weighted by Gasteiger charge is 2.39. The van der Waals surface area contributed by atoms with Gasteiger partial charge in [-0.15, -0.1) is 0 Å². The Kier molecular flexibility index (Phi) is 3.35. The summed E-state index contributed by atoms with van der Waals surface area (Å²) in [5.74, 6) is -2.31. The molecule has 0 spiro atoms. The van der Waals surface area contributed by atoms with Crippen molar-refractivity contribution in [2.24, 2.45) is 0 Å². The highest BCUT2D eigenvalue weighted by atomic mass is 16.3. The maximum absolute atomic E-state index is 12.0. The van der Waals surface area contributed by atoms with Gasteiger partial charge in [0.05, 0.1) is 0 Å². The van der Waals surface area contributed by atoms with E-state index in [0.29, 0.717) is 5.01 Å². The van der Waals surface area contributed by atoms with E-state index in [2.05, 4.69) is 26.2 Å². The van der Waals surface area contributed by atoms with Crippen molar-refractivity contribution < 1.29 is 19.3 Å². The first-order valence-electron chi connectivity index (χ1n) is 6.27. The average molecular weight is 275 g/mol. The molecule has 1 aromatic rings.